The summed E-state index contributed by atoms with van der Waals surface area (Å²) in [7, 11) is -4.19. The van der Waals surface area contributed by atoms with Crippen LogP contribution in [0.5, 0.6) is 5.75 Å². The number of ether oxygens (including phenoxy) is 1. The number of benzene rings is 3. The molecule has 0 unspecified atom stereocenters. The first kappa shape index (κ1) is 23.8. The van der Waals surface area contributed by atoms with E-state index in [1.165, 1.54) is 23.8 Å². The fraction of sp³-hybridized carbons (Fsp3) is 0.208. The van der Waals surface area contributed by atoms with Crippen LogP contribution in [0.4, 0.5) is 0 Å². The number of phenols is 1. The van der Waals surface area contributed by atoms with Crippen LogP contribution in [0.3, 0.4) is 0 Å². The first-order chi connectivity index (χ1) is 15.2. The molecule has 1 amide bonds. The van der Waals surface area contributed by atoms with Crippen molar-refractivity contribution in [1.29, 1.82) is 0 Å². The third-order valence-electron chi connectivity index (χ3n) is 4.83. The Morgan fingerprint density at radius 1 is 0.969 bits per heavy atom. The number of amides is 1. The summed E-state index contributed by atoms with van der Waals surface area (Å²) < 4.78 is 32.6. The van der Waals surface area contributed by atoms with Gasteiger partial charge in [0.15, 0.2) is 0 Å². The lowest BCUT2D eigenvalue weighted by molar-refractivity contribution is 0.0980. The highest BCUT2D eigenvalue weighted by atomic mass is 35.5. The number of sulfonamides is 1. The molecule has 3 rings (SSSR count). The summed E-state index contributed by atoms with van der Waals surface area (Å²) in [5.41, 5.74) is 3.38. The van der Waals surface area contributed by atoms with Crippen molar-refractivity contribution in [2.45, 2.75) is 37.9 Å². The third-order valence-corrected chi connectivity index (χ3v) is 6.65. The van der Waals surface area contributed by atoms with Crippen molar-refractivity contribution in [3.63, 3.8) is 0 Å². The predicted molar refractivity (Wildman–Crippen MR) is 123 cm³/mol. The first-order valence-electron chi connectivity index (χ1n) is 9.97. The molecule has 0 saturated heterocycles. The summed E-state index contributed by atoms with van der Waals surface area (Å²) in [4.78, 5) is 12.1. The number of hydrogen-bond acceptors (Lipinski definition) is 5. The highest BCUT2D eigenvalue weighted by molar-refractivity contribution is 7.90. The molecule has 0 aromatic heterocycles. The van der Waals surface area contributed by atoms with Gasteiger partial charge >= 0.3 is 0 Å². The molecular formula is C24H24ClNO5S. The molecule has 0 fully saturated rings. The van der Waals surface area contributed by atoms with Crippen molar-refractivity contribution in [3.8, 4) is 5.75 Å². The van der Waals surface area contributed by atoms with E-state index in [0.29, 0.717) is 19.1 Å². The van der Waals surface area contributed by atoms with Crippen molar-refractivity contribution < 1.29 is 23.1 Å². The van der Waals surface area contributed by atoms with E-state index in [-0.39, 0.29) is 21.2 Å². The third kappa shape index (κ3) is 6.09. The summed E-state index contributed by atoms with van der Waals surface area (Å²) in [6.07, 6.45) is 0. The molecule has 0 bridgehead atoms. The Hall–Kier alpha value is -2.87. The number of carbonyl (C=O) groups excluding carboxylic acids is 1. The maximum atomic E-state index is 12.4. The minimum absolute atomic E-state index is 0.175. The van der Waals surface area contributed by atoms with Gasteiger partial charge in [-0.15, -0.1) is 0 Å². The number of phenolic OH excluding ortho intramolecular Hbond substituents is 1. The van der Waals surface area contributed by atoms with Crippen molar-refractivity contribution >= 4 is 27.5 Å². The van der Waals surface area contributed by atoms with Gasteiger partial charge in [-0.3, -0.25) is 4.79 Å². The zero-order valence-corrected chi connectivity index (χ0v) is 19.3. The zero-order valence-electron chi connectivity index (χ0n) is 17.7. The topological polar surface area (TPSA) is 92.7 Å². The summed E-state index contributed by atoms with van der Waals surface area (Å²) in [6.45, 7) is 5.11. The van der Waals surface area contributed by atoms with Gasteiger partial charge < -0.3 is 9.84 Å². The standard InChI is InChI=1S/C24H24ClNO5S/c1-16(2)19-7-3-17(4-8-19)14-31-15-18-5-9-20(10-6-18)24(28)26-32(29,30)23-12-11-21(27)13-22(23)25/h3-13,16,27H,14-15H2,1-2H3,(H,26,28). The van der Waals surface area contributed by atoms with Gasteiger partial charge in [0.05, 0.1) is 18.2 Å². The molecule has 0 aliphatic carbocycles. The second-order valence-corrected chi connectivity index (χ2v) is 9.69. The van der Waals surface area contributed by atoms with Crippen LogP contribution in [-0.2, 0) is 28.0 Å². The fourth-order valence-corrected chi connectivity index (χ4v) is 4.50. The van der Waals surface area contributed by atoms with Gasteiger partial charge in [0.1, 0.15) is 10.6 Å². The lowest BCUT2D eigenvalue weighted by Crippen LogP contribution is -2.30. The number of hydrogen-bond donors (Lipinski definition) is 2. The van der Waals surface area contributed by atoms with Gasteiger partial charge in [0.25, 0.3) is 15.9 Å². The Labute approximate surface area is 192 Å². The maximum Gasteiger partial charge on any atom is 0.265 e. The van der Waals surface area contributed by atoms with Crippen LogP contribution in [0.25, 0.3) is 0 Å². The maximum absolute atomic E-state index is 12.4. The molecule has 3 aromatic carbocycles. The molecule has 32 heavy (non-hydrogen) atoms. The van der Waals surface area contributed by atoms with E-state index in [4.69, 9.17) is 16.3 Å². The van der Waals surface area contributed by atoms with Gasteiger partial charge in [-0.05, 0) is 52.9 Å². The lowest BCUT2D eigenvalue weighted by Gasteiger charge is -2.10. The van der Waals surface area contributed by atoms with Crippen LogP contribution in [0.15, 0.2) is 71.6 Å². The molecule has 0 radical (unpaired) electrons. The van der Waals surface area contributed by atoms with Crippen molar-refractivity contribution in [2.24, 2.45) is 0 Å². The fourth-order valence-electron chi connectivity index (χ4n) is 2.98. The molecule has 168 valence electrons. The summed E-state index contributed by atoms with van der Waals surface area (Å²) in [5.74, 6) is -0.480. The summed E-state index contributed by atoms with van der Waals surface area (Å²) in [6, 6.07) is 18.1. The Morgan fingerprint density at radius 3 is 2.06 bits per heavy atom. The summed E-state index contributed by atoms with van der Waals surface area (Å²) in [5, 5.41) is 9.19. The predicted octanol–water partition coefficient (Wildman–Crippen LogP) is 5.00. The van der Waals surface area contributed by atoms with E-state index in [2.05, 4.69) is 26.0 Å². The van der Waals surface area contributed by atoms with Crippen molar-refractivity contribution in [2.75, 3.05) is 0 Å². The van der Waals surface area contributed by atoms with Crippen LogP contribution in [0.2, 0.25) is 5.02 Å². The summed E-state index contributed by atoms with van der Waals surface area (Å²) >= 11 is 5.87. The molecule has 6 nitrogen and oxygen atoms in total. The molecule has 0 heterocycles. The van der Waals surface area contributed by atoms with Gasteiger partial charge in [-0.2, -0.15) is 0 Å². The highest BCUT2D eigenvalue weighted by Gasteiger charge is 2.21. The normalized spacial score (nSPS) is 11.5. The second kappa shape index (κ2) is 10.2. The quantitative estimate of drug-likeness (QED) is 0.480. The monoisotopic (exact) mass is 473 g/mol. The minimum atomic E-state index is -4.19. The molecule has 0 aliphatic heterocycles. The lowest BCUT2D eigenvalue weighted by atomic mass is 10.0. The highest BCUT2D eigenvalue weighted by Crippen LogP contribution is 2.25. The molecule has 0 saturated carbocycles. The van der Waals surface area contributed by atoms with Crippen molar-refractivity contribution in [3.05, 3.63) is 94.0 Å². The van der Waals surface area contributed by atoms with Gasteiger partial charge in [-0.1, -0.05) is 61.8 Å². The number of rotatable bonds is 8. The van der Waals surface area contributed by atoms with E-state index < -0.39 is 15.9 Å². The molecule has 3 aromatic rings. The second-order valence-electron chi connectivity index (χ2n) is 7.64. The molecule has 0 aliphatic rings. The first-order valence-corrected chi connectivity index (χ1v) is 11.8. The van der Waals surface area contributed by atoms with Crippen molar-refractivity contribution in [1.82, 2.24) is 4.72 Å². The van der Waals surface area contributed by atoms with Gasteiger partial charge in [0, 0.05) is 5.56 Å². The van der Waals surface area contributed by atoms with Crippen LogP contribution < -0.4 is 4.72 Å². The number of carbonyl (C=O) groups is 1. The van der Waals surface area contributed by atoms with E-state index in [0.717, 1.165) is 23.3 Å². The Morgan fingerprint density at radius 2 is 1.53 bits per heavy atom. The van der Waals surface area contributed by atoms with Gasteiger partial charge in [0.2, 0.25) is 0 Å². The largest absolute Gasteiger partial charge is 0.508 e. The number of halogens is 1. The van der Waals surface area contributed by atoms with Gasteiger partial charge in [-0.25, -0.2) is 13.1 Å². The Kier molecular flexibility index (Phi) is 7.56. The van der Waals surface area contributed by atoms with Crippen LogP contribution in [-0.4, -0.2) is 19.4 Å². The average molecular weight is 474 g/mol. The Bertz CT molecular complexity index is 1190. The van der Waals surface area contributed by atoms with E-state index in [1.54, 1.807) is 12.1 Å². The molecule has 0 atom stereocenters. The number of aromatic hydroxyl groups is 1. The minimum Gasteiger partial charge on any atom is -0.508 e. The zero-order chi connectivity index (χ0) is 23.3. The molecule has 8 heteroatoms. The average Bonchev–Trinajstić information content (AvgIpc) is 2.74. The van der Waals surface area contributed by atoms with Crippen LogP contribution in [0, 0.1) is 0 Å². The van der Waals surface area contributed by atoms with E-state index >= 15 is 0 Å². The van der Waals surface area contributed by atoms with E-state index in [9.17, 15) is 18.3 Å². The SMILES string of the molecule is CC(C)c1ccc(COCc2ccc(C(=O)NS(=O)(=O)c3ccc(O)cc3Cl)cc2)cc1. The molecular weight excluding hydrogens is 450 g/mol. The molecule has 0 spiro atoms. The number of nitrogens with one attached hydrogen (secondary N) is 1. The van der Waals surface area contributed by atoms with Crippen LogP contribution in [0.1, 0.15) is 46.8 Å². The van der Waals surface area contributed by atoms with E-state index in [1.807, 2.05) is 16.9 Å². The van der Waals surface area contributed by atoms with Crippen LogP contribution >= 0.6 is 11.6 Å². The molecule has 2 N–H and O–H groups in total. The smallest absolute Gasteiger partial charge is 0.265 e. The Balaban J connectivity index is 1.57.